The first-order valence-corrected chi connectivity index (χ1v) is 11.0. The van der Waals surface area contributed by atoms with Crippen molar-refractivity contribution >= 4 is 0 Å². The Morgan fingerprint density at radius 2 is 1.66 bits per heavy atom. The predicted octanol–water partition coefficient (Wildman–Crippen LogP) is 5.64. The maximum absolute atomic E-state index is 13.1. The summed E-state index contributed by atoms with van der Waals surface area (Å²) in [7, 11) is 0. The van der Waals surface area contributed by atoms with Crippen molar-refractivity contribution in [2.24, 2.45) is 0 Å². The molecule has 0 spiro atoms. The van der Waals surface area contributed by atoms with Crippen LogP contribution in [0.1, 0.15) is 37.8 Å². The van der Waals surface area contributed by atoms with Crippen LogP contribution >= 0.6 is 0 Å². The van der Waals surface area contributed by atoms with Crippen LogP contribution < -0.4 is 9.47 Å². The highest BCUT2D eigenvalue weighted by molar-refractivity contribution is 5.38. The SMILES string of the molecule is CC[C@H](Oc1ccccc1O)N1CC[C@H](O)C[C@H]1c1ccc(Oc2ccc(F)cc2)cc1. The molecule has 32 heavy (non-hydrogen) atoms. The highest BCUT2D eigenvalue weighted by atomic mass is 19.1. The summed E-state index contributed by atoms with van der Waals surface area (Å²) in [6.07, 6.45) is 1.37. The lowest BCUT2D eigenvalue weighted by Crippen LogP contribution is -2.47. The van der Waals surface area contributed by atoms with E-state index < -0.39 is 0 Å². The molecule has 3 atom stereocenters. The molecule has 1 heterocycles. The maximum atomic E-state index is 13.1. The highest BCUT2D eigenvalue weighted by Gasteiger charge is 2.34. The summed E-state index contributed by atoms with van der Waals surface area (Å²) in [6.45, 7) is 2.73. The minimum atomic E-state index is -0.381. The van der Waals surface area contributed by atoms with Gasteiger partial charge in [0.25, 0.3) is 0 Å². The van der Waals surface area contributed by atoms with Crippen molar-refractivity contribution in [3.8, 4) is 23.0 Å². The smallest absolute Gasteiger partial charge is 0.163 e. The molecular formula is C26H28FNO4. The first-order chi connectivity index (χ1) is 15.5. The Morgan fingerprint density at radius 1 is 1.00 bits per heavy atom. The lowest BCUT2D eigenvalue weighted by molar-refractivity contribution is -0.0563. The average Bonchev–Trinajstić information content (AvgIpc) is 2.81. The monoisotopic (exact) mass is 437 g/mol. The van der Waals surface area contributed by atoms with E-state index >= 15 is 0 Å². The number of hydrogen-bond donors (Lipinski definition) is 2. The highest BCUT2D eigenvalue weighted by Crippen LogP contribution is 2.36. The quantitative estimate of drug-likeness (QED) is 0.501. The van der Waals surface area contributed by atoms with Gasteiger partial charge >= 0.3 is 0 Å². The van der Waals surface area contributed by atoms with Crippen LogP contribution in [-0.2, 0) is 0 Å². The van der Waals surface area contributed by atoms with E-state index in [9.17, 15) is 14.6 Å². The molecule has 0 bridgehead atoms. The van der Waals surface area contributed by atoms with Gasteiger partial charge in [-0.25, -0.2) is 4.39 Å². The molecular weight excluding hydrogens is 409 g/mol. The van der Waals surface area contributed by atoms with Gasteiger partial charge in [0.15, 0.2) is 17.7 Å². The molecule has 1 aliphatic rings. The zero-order valence-corrected chi connectivity index (χ0v) is 18.0. The Balaban J connectivity index is 1.52. The molecule has 6 heteroatoms. The van der Waals surface area contributed by atoms with E-state index in [1.54, 1.807) is 30.3 Å². The van der Waals surface area contributed by atoms with Crippen molar-refractivity contribution < 1.29 is 24.1 Å². The van der Waals surface area contributed by atoms with Gasteiger partial charge in [-0.3, -0.25) is 4.90 Å². The van der Waals surface area contributed by atoms with Gasteiger partial charge in [0.05, 0.1) is 6.10 Å². The van der Waals surface area contributed by atoms with Crippen LogP contribution in [0, 0.1) is 5.82 Å². The number of aliphatic hydroxyl groups excluding tert-OH is 1. The van der Waals surface area contributed by atoms with E-state index in [1.165, 1.54) is 12.1 Å². The van der Waals surface area contributed by atoms with Gasteiger partial charge < -0.3 is 19.7 Å². The Labute approximate surface area is 187 Å². The Morgan fingerprint density at radius 3 is 2.31 bits per heavy atom. The molecule has 2 N–H and O–H groups in total. The van der Waals surface area contributed by atoms with Gasteiger partial charge in [0, 0.05) is 12.6 Å². The number of para-hydroxylation sites is 2. The van der Waals surface area contributed by atoms with Gasteiger partial charge in [-0.15, -0.1) is 0 Å². The van der Waals surface area contributed by atoms with Crippen molar-refractivity contribution in [1.82, 2.24) is 4.90 Å². The lowest BCUT2D eigenvalue weighted by Gasteiger charge is -2.42. The van der Waals surface area contributed by atoms with Gasteiger partial charge in [0.1, 0.15) is 17.3 Å². The molecule has 1 aliphatic heterocycles. The maximum Gasteiger partial charge on any atom is 0.163 e. The van der Waals surface area contributed by atoms with Crippen molar-refractivity contribution in [2.45, 2.75) is 44.6 Å². The molecule has 5 nitrogen and oxygen atoms in total. The van der Waals surface area contributed by atoms with Crippen LogP contribution in [0.3, 0.4) is 0 Å². The zero-order valence-electron chi connectivity index (χ0n) is 18.0. The number of aliphatic hydroxyl groups is 1. The van der Waals surface area contributed by atoms with E-state index in [0.29, 0.717) is 36.6 Å². The number of likely N-dealkylation sites (tertiary alicyclic amines) is 1. The third-order valence-electron chi connectivity index (χ3n) is 5.78. The fourth-order valence-electron chi connectivity index (χ4n) is 4.12. The number of nitrogens with zero attached hydrogens (tertiary/aromatic N) is 1. The Kier molecular flexibility index (Phi) is 6.93. The minimum absolute atomic E-state index is 0.0329. The largest absolute Gasteiger partial charge is 0.504 e. The van der Waals surface area contributed by atoms with Crippen molar-refractivity contribution in [3.63, 3.8) is 0 Å². The topological polar surface area (TPSA) is 62.2 Å². The van der Waals surface area contributed by atoms with Crippen molar-refractivity contribution in [3.05, 3.63) is 84.2 Å². The minimum Gasteiger partial charge on any atom is -0.504 e. The number of rotatable bonds is 7. The summed E-state index contributed by atoms with van der Waals surface area (Å²) >= 11 is 0. The Bertz CT molecular complexity index is 1010. The van der Waals surface area contributed by atoms with Crippen molar-refractivity contribution in [2.75, 3.05) is 6.54 Å². The van der Waals surface area contributed by atoms with Crippen LogP contribution in [0.2, 0.25) is 0 Å². The molecule has 0 radical (unpaired) electrons. The normalized spacial score (nSPS) is 20.0. The number of piperidine rings is 1. The second kappa shape index (κ2) is 10.0. The van der Waals surface area contributed by atoms with E-state index in [-0.39, 0.29) is 29.9 Å². The first kappa shape index (κ1) is 22.1. The molecule has 1 fully saturated rings. The zero-order chi connectivity index (χ0) is 22.5. The fraction of sp³-hybridized carbons (Fsp3) is 0.308. The van der Waals surface area contributed by atoms with Gasteiger partial charge in [-0.2, -0.15) is 0 Å². The van der Waals surface area contributed by atoms with E-state index in [2.05, 4.69) is 4.90 Å². The molecule has 0 aliphatic carbocycles. The van der Waals surface area contributed by atoms with Crippen molar-refractivity contribution in [1.29, 1.82) is 0 Å². The summed E-state index contributed by atoms with van der Waals surface area (Å²) in [5, 5.41) is 20.5. The van der Waals surface area contributed by atoms with Crippen LogP contribution in [-0.4, -0.2) is 34.0 Å². The average molecular weight is 438 g/mol. The van der Waals surface area contributed by atoms with Gasteiger partial charge in [-0.1, -0.05) is 31.2 Å². The third-order valence-corrected chi connectivity index (χ3v) is 5.78. The molecule has 3 aromatic carbocycles. The number of aromatic hydroxyl groups is 1. The van der Waals surface area contributed by atoms with Gasteiger partial charge in [-0.05, 0) is 73.4 Å². The summed E-state index contributed by atoms with van der Waals surface area (Å²) in [5.74, 6) is 1.48. The number of hydrogen-bond acceptors (Lipinski definition) is 5. The molecule has 0 aromatic heterocycles. The molecule has 3 aromatic rings. The van der Waals surface area contributed by atoms with E-state index in [1.807, 2.05) is 37.3 Å². The van der Waals surface area contributed by atoms with E-state index in [0.717, 1.165) is 12.0 Å². The number of benzene rings is 3. The second-order valence-electron chi connectivity index (χ2n) is 8.01. The van der Waals surface area contributed by atoms with Gasteiger partial charge in [0.2, 0.25) is 0 Å². The predicted molar refractivity (Wildman–Crippen MR) is 120 cm³/mol. The second-order valence-corrected chi connectivity index (χ2v) is 8.01. The summed E-state index contributed by atoms with van der Waals surface area (Å²) in [6, 6.07) is 20.6. The van der Waals surface area contributed by atoms with E-state index in [4.69, 9.17) is 9.47 Å². The number of halogens is 1. The molecule has 0 unspecified atom stereocenters. The fourth-order valence-corrected chi connectivity index (χ4v) is 4.12. The van der Waals surface area contributed by atoms with Crippen LogP contribution in [0.25, 0.3) is 0 Å². The molecule has 0 saturated carbocycles. The number of phenolic OH excluding ortho intramolecular Hbond substituents is 1. The van der Waals surface area contributed by atoms with Crippen LogP contribution in [0.5, 0.6) is 23.0 Å². The first-order valence-electron chi connectivity index (χ1n) is 11.0. The Hall–Kier alpha value is -3.09. The summed E-state index contributed by atoms with van der Waals surface area (Å²) < 4.78 is 25.1. The molecule has 0 amide bonds. The summed E-state index contributed by atoms with van der Waals surface area (Å²) in [5.41, 5.74) is 1.05. The number of ether oxygens (including phenoxy) is 2. The van der Waals surface area contributed by atoms with Crippen LogP contribution in [0.4, 0.5) is 4.39 Å². The summed E-state index contributed by atoms with van der Waals surface area (Å²) in [4.78, 5) is 2.25. The lowest BCUT2D eigenvalue weighted by atomic mass is 9.92. The van der Waals surface area contributed by atoms with Crippen LogP contribution in [0.15, 0.2) is 72.8 Å². The molecule has 4 rings (SSSR count). The molecule has 168 valence electrons. The number of phenols is 1. The molecule has 1 saturated heterocycles. The third kappa shape index (κ3) is 5.21. The standard InChI is InChI=1S/C26H28FNO4/c1-2-26(32-25-6-4-3-5-24(25)30)28-16-15-20(29)17-23(28)18-7-11-21(12-8-18)31-22-13-9-19(27)10-14-22/h3-14,20,23,26,29-30H,2,15-17H2,1H3/t20-,23-,26-/m0/s1.